The van der Waals surface area contributed by atoms with Crippen LogP contribution in [0.3, 0.4) is 0 Å². The third kappa shape index (κ3) is 4.28. The number of aromatic amines is 1. The number of H-pyrrole nitrogens is 1. The van der Waals surface area contributed by atoms with Crippen molar-refractivity contribution in [2.75, 3.05) is 11.9 Å². The van der Waals surface area contributed by atoms with E-state index in [9.17, 15) is 9.59 Å². The van der Waals surface area contributed by atoms with Gasteiger partial charge in [0.2, 0.25) is 12.0 Å². The van der Waals surface area contributed by atoms with E-state index >= 15 is 0 Å². The van der Waals surface area contributed by atoms with Crippen LogP contribution in [0.15, 0.2) is 36.7 Å². The lowest BCUT2D eigenvalue weighted by atomic mass is 10.1. The van der Waals surface area contributed by atoms with Gasteiger partial charge in [-0.15, -0.1) is 0 Å². The second kappa shape index (κ2) is 7.69. The molecule has 0 saturated heterocycles. The van der Waals surface area contributed by atoms with Crippen molar-refractivity contribution in [2.45, 2.75) is 32.0 Å². The number of ether oxygens (including phenoxy) is 2. The van der Waals surface area contributed by atoms with E-state index in [0.717, 1.165) is 0 Å². The number of hydrogen-bond acceptors (Lipinski definition) is 5. The Morgan fingerprint density at radius 3 is 2.72 bits per heavy atom. The zero-order chi connectivity index (χ0) is 17.6. The normalized spacial score (nSPS) is 18.4. The van der Waals surface area contributed by atoms with Crippen LogP contribution in [0.4, 0.5) is 5.69 Å². The summed E-state index contributed by atoms with van der Waals surface area (Å²) in [4.78, 5) is 24.0. The lowest BCUT2D eigenvalue weighted by Gasteiger charge is -2.31. The van der Waals surface area contributed by atoms with Gasteiger partial charge < -0.3 is 20.1 Å². The third-order valence-corrected chi connectivity index (χ3v) is 3.76. The number of para-hydroxylation sites is 2. The van der Waals surface area contributed by atoms with Crippen LogP contribution in [0.25, 0.3) is 0 Å². The van der Waals surface area contributed by atoms with Crippen molar-refractivity contribution in [2.24, 2.45) is 0 Å². The molecular weight excluding hydrogens is 324 g/mol. The number of benzene rings is 1. The first kappa shape index (κ1) is 16.8. The Bertz CT molecular complexity index is 732. The number of amides is 2. The van der Waals surface area contributed by atoms with Gasteiger partial charge in [-0.2, -0.15) is 5.10 Å². The average Bonchev–Trinajstić information content (AvgIpc) is 3.10. The molecule has 2 heterocycles. The molecule has 2 amide bonds. The van der Waals surface area contributed by atoms with E-state index in [-0.39, 0.29) is 17.9 Å². The second-order valence-electron chi connectivity index (χ2n) is 5.74. The quantitative estimate of drug-likeness (QED) is 0.688. The highest BCUT2D eigenvalue weighted by Crippen LogP contribution is 2.33. The minimum absolute atomic E-state index is 0.129. The van der Waals surface area contributed by atoms with Crippen LogP contribution in [0.2, 0.25) is 0 Å². The maximum absolute atomic E-state index is 12.3. The summed E-state index contributed by atoms with van der Waals surface area (Å²) in [6, 6.07) is 7.25. The first-order valence-corrected chi connectivity index (χ1v) is 8.12. The summed E-state index contributed by atoms with van der Waals surface area (Å²) in [5, 5.41) is 11.9. The Hall–Kier alpha value is -3.03. The van der Waals surface area contributed by atoms with Gasteiger partial charge in [0.05, 0.1) is 11.9 Å². The topological polar surface area (TPSA) is 105 Å². The molecule has 1 aromatic heterocycles. The first-order valence-electron chi connectivity index (χ1n) is 8.12. The minimum Gasteiger partial charge on any atom is -0.482 e. The van der Waals surface area contributed by atoms with E-state index in [2.05, 4.69) is 20.8 Å². The summed E-state index contributed by atoms with van der Waals surface area (Å²) in [6.07, 6.45) is 2.84. The molecule has 3 rings (SSSR count). The summed E-state index contributed by atoms with van der Waals surface area (Å²) in [5.41, 5.74) is 0.620. The number of anilines is 1. The molecule has 3 N–H and O–H groups in total. The van der Waals surface area contributed by atoms with Gasteiger partial charge in [0, 0.05) is 19.2 Å². The number of nitrogens with zero attached hydrogens (tertiary/aromatic N) is 1. The fourth-order valence-corrected chi connectivity index (χ4v) is 2.51. The summed E-state index contributed by atoms with van der Waals surface area (Å²) in [5.74, 6) is 0.808. The van der Waals surface area contributed by atoms with Crippen LogP contribution < -0.4 is 20.1 Å². The van der Waals surface area contributed by atoms with Gasteiger partial charge in [0.1, 0.15) is 6.10 Å². The van der Waals surface area contributed by atoms with Crippen molar-refractivity contribution >= 4 is 17.5 Å². The monoisotopic (exact) mass is 344 g/mol. The van der Waals surface area contributed by atoms with Crippen molar-refractivity contribution in [1.29, 1.82) is 0 Å². The molecular formula is C17H20N4O4. The molecule has 0 spiro atoms. The minimum atomic E-state index is -0.713. The fraction of sp³-hybridized carbons (Fsp3) is 0.353. The third-order valence-electron chi connectivity index (χ3n) is 3.76. The maximum Gasteiger partial charge on any atom is 0.265 e. The van der Waals surface area contributed by atoms with Crippen LogP contribution in [0.5, 0.6) is 11.5 Å². The number of hydrogen-bond donors (Lipinski definition) is 3. The first-order chi connectivity index (χ1) is 12.1. The van der Waals surface area contributed by atoms with Crippen molar-refractivity contribution in [3.63, 3.8) is 0 Å². The molecule has 25 heavy (non-hydrogen) atoms. The largest absolute Gasteiger partial charge is 0.482 e. The summed E-state index contributed by atoms with van der Waals surface area (Å²) in [6.45, 7) is 2.17. The molecule has 0 fully saturated rings. The predicted molar refractivity (Wildman–Crippen MR) is 90.4 cm³/mol. The van der Waals surface area contributed by atoms with Gasteiger partial charge in [-0.1, -0.05) is 12.1 Å². The lowest BCUT2D eigenvalue weighted by Crippen LogP contribution is -2.49. The molecule has 1 aromatic carbocycles. The van der Waals surface area contributed by atoms with E-state index in [1.807, 2.05) is 12.1 Å². The Morgan fingerprint density at radius 1 is 1.24 bits per heavy atom. The zero-order valence-corrected chi connectivity index (χ0v) is 13.8. The zero-order valence-electron chi connectivity index (χ0n) is 13.8. The predicted octanol–water partition coefficient (Wildman–Crippen LogP) is 1.47. The Labute approximate surface area is 144 Å². The van der Waals surface area contributed by atoms with E-state index in [0.29, 0.717) is 36.6 Å². The van der Waals surface area contributed by atoms with Gasteiger partial charge in [-0.05, 0) is 25.5 Å². The maximum atomic E-state index is 12.3. The van der Waals surface area contributed by atoms with Crippen LogP contribution >= 0.6 is 0 Å². The number of nitrogens with one attached hydrogen (secondary N) is 3. The molecule has 0 aliphatic carbocycles. The molecule has 8 heteroatoms. The Balaban J connectivity index is 1.41. The highest BCUT2D eigenvalue weighted by Gasteiger charge is 2.33. The van der Waals surface area contributed by atoms with E-state index in [1.54, 1.807) is 25.3 Å². The summed E-state index contributed by atoms with van der Waals surface area (Å²) < 4.78 is 11.4. The molecule has 1 aliphatic rings. The molecule has 0 saturated carbocycles. The smallest absolute Gasteiger partial charge is 0.265 e. The van der Waals surface area contributed by atoms with E-state index in [4.69, 9.17) is 9.47 Å². The van der Waals surface area contributed by atoms with Crippen molar-refractivity contribution < 1.29 is 19.1 Å². The van der Waals surface area contributed by atoms with Gasteiger partial charge in [0.25, 0.3) is 5.91 Å². The van der Waals surface area contributed by atoms with Gasteiger partial charge in [0.15, 0.2) is 11.5 Å². The molecule has 2 aromatic rings. The Morgan fingerprint density at radius 2 is 2.00 bits per heavy atom. The summed E-state index contributed by atoms with van der Waals surface area (Å²) in [7, 11) is 0. The molecule has 2 unspecified atom stereocenters. The van der Waals surface area contributed by atoms with Crippen LogP contribution in [0.1, 0.15) is 19.8 Å². The van der Waals surface area contributed by atoms with Crippen molar-refractivity contribution in [3.05, 3.63) is 36.7 Å². The standard InChI is InChI=1S/C17H20N4O4/c1-11-16(25-14-6-3-2-5-13(14)24-11)17(23)18-8-4-7-15(22)21-12-9-19-20-10-12/h2-3,5-6,9-11,16H,4,7-8H2,1H3,(H,18,23)(H,19,20)(H,21,22). The van der Waals surface area contributed by atoms with Crippen LogP contribution in [0, 0.1) is 0 Å². The Kier molecular flexibility index (Phi) is 5.17. The van der Waals surface area contributed by atoms with Crippen LogP contribution in [-0.4, -0.2) is 40.8 Å². The molecule has 132 valence electrons. The second-order valence-corrected chi connectivity index (χ2v) is 5.74. The highest BCUT2D eigenvalue weighted by molar-refractivity contribution is 5.90. The summed E-state index contributed by atoms with van der Waals surface area (Å²) >= 11 is 0. The van der Waals surface area contributed by atoms with Gasteiger partial charge in [-0.25, -0.2) is 0 Å². The highest BCUT2D eigenvalue weighted by atomic mass is 16.6. The average molecular weight is 344 g/mol. The molecule has 0 radical (unpaired) electrons. The molecule has 1 aliphatic heterocycles. The number of aromatic nitrogens is 2. The molecule has 8 nitrogen and oxygen atoms in total. The number of carbonyl (C=O) groups is 2. The fourth-order valence-electron chi connectivity index (χ4n) is 2.51. The lowest BCUT2D eigenvalue weighted by molar-refractivity contribution is -0.133. The molecule has 2 atom stereocenters. The number of rotatable bonds is 6. The van der Waals surface area contributed by atoms with Gasteiger partial charge in [-0.3, -0.25) is 14.7 Å². The van der Waals surface area contributed by atoms with Crippen molar-refractivity contribution in [1.82, 2.24) is 15.5 Å². The van der Waals surface area contributed by atoms with Gasteiger partial charge >= 0.3 is 0 Å². The van der Waals surface area contributed by atoms with Crippen LogP contribution in [-0.2, 0) is 9.59 Å². The number of carbonyl (C=O) groups excluding carboxylic acids is 2. The SMILES string of the molecule is CC1Oc2ccccc2OC1C(=O)NCCCC(=O)Nc1cn[nH]c1. The number of fused-ring (bicyclic) bond motifs is 1. The molecule has 0 bridgehead atoms. The van der Waals surface area contributed by atoms with E-state index < -0.39 is 6.10 Å². The van der Waals surface area contributed by atoms with E-state index in [1.165, 1.54) is 6.20 Å². The van der Waals surface area contributed by atoms with Crippen molar-refractivity contribution in [3.8, 4) is 11.5 Å².